The van der Waals surface area contributed by atoms with Gasteiger partial charge in [-0.1, -0.05) is 0 Å². The Morgan fingerprint density at radius 1 is 1.22 bits per heavy atom. The molecule has 37 heavy (non-hydrogen) atoms. The number of anilines is 1. The smallest absolute Gasteiger partial charge is 0.410 e. The van der Waals surface area contributed by atoms with Gasteiger partial charge in [0.2, 0.25) is 0 Å². The van der Waals surface area contributed by atoms with E-state index in [1.807, 2.05) is 0 Å². The lowest BCUT2D eigenvalue weighted by atomic mass is 10.1. The molecule has 3 unspecified atom stereocenters. The van der Waals surface area contributed by atoms with Crippen LogP contribution < -0.4 is 9.64 Å². The third kappa shape index (κ3) is 4.58. The summed E-state index contributed by atoms with van der Waals surface area (Å²) in [6.45, 7) is 4.65. The number of alkyl halides is 2. The van der Waals surface area contributed by atoms with Gasteiger partial charge in [-0.2, -0.15) is 9.97 Å². The molecule has 1 saturated carbocycles. The van der Waals surface area contributed by atoms with Gasteiger partial charge >= 0.3 is 12.1 Å². The average molecular weight is 591 g/mol. The zero-order valence-electron chi connectivity index (χ0n) is 20.5. The van der Waals surface area contributed by atoms with Crippen LogP contribution >= 0.6 is 15.9 Å². The van der Waals surface area contributed by atoms with Gasteiger partial charge in [0.05, 0.1) is 28.6 Å². The summed E-state index contributed by atoms with van der Waals surface area (Å²) in [5.41, 5.74) is -2.64. The summed E-state index contributed by atoms with van der Waals surface area (Å²) < 4.78 is 67.8. The third-order valence-corrected chi connectivity index (χ3v) is 7.89. The minimum atomic E-state index is -3.09. The second kappa shape index (κ2) is 8.82. The van der Waals surface area contributed by atoms with Crippen LogP contribution in [0.3, 0.4) is 0 Å². The summed E-state index contributed by atoms with van der Waals surface area (Å²) in [7, 11) is 0. The number of carbonyl (C=O) groups is 1. The Bertz CT molecular complexity index is 1250. The predicted octanol–water partition coefficient (Wildman–Crippen LogP) is 4.66. The van der Waals surface area contributed by atoms with E-state index in [-0.39, 0.29) is 34.8 Å². The van der Waals surface area contributed by atoms with Gasteiger partial charge in [0.15, 0.2) is 5.82 Å². The van der Waals surface area contributed by atoms with Gasteiger partial charge in [-0.05, 0) is 55.6 Å². The van der Waals surface area contributed by atoms with E-state index < -0.39 is 58.8 Å². The first-order valence-corrected chi connectivity index (χ1v) is 12.8. The van der Waals surface area contributed by atoms with E-state index in [2.05, 4.69) is 25.9 Å². The maximum absolute atomic E-state index is 15.1. The molecule has 2 aromatic rings. The molecule has 5 rings (SSSR count). The van der Waals surface area contributed by atoms with Gasteiger partial charge < -0.3 is 19.5 Å². The molecule has 3 fully saturated rings. The molecule has 0 radical (unpaired) electrons. The van der Waals surface area contributed by atoms with Crippen molar-refractivity contribution in [1.29, 1.82) is 0 Å². The third-order valence-electron chi connectivity index (χ3n) is 7.16. The van der Waals surface area contributed by atoms with Crippen molar-refractivity contribution in [3.8, 4) is 6.01 Å². The van der Waals surface area contributed by atoms with Gasteiger partial charge in [0.25, 0.3) is 5.92 Å². The second-order valence-corrected chi connectivity index (χ2v) is 11.8. The van der Waals surface area contributed by atoms with Crippen molar-refractivity contribution in [2.45, 2.75) is 63.6 Å². The van der Waals surface area contributed by atoms with Crippen molar-refractivity contribution in [2.75, 3.05) is 31.2 Å². The normalized spacial score (nSPS) is 26.5. The lowest BCUT2D eigenvalue weighted by Gasteiger charge is -2.42. The zero-order valence-corrected chi connectivity index (χ0v) is 22.1. The van der Waals surface area contributed by atoms with E-state index >= 15 is 4.39 Å². The molecule has 3 heterocycles. The van der Waals surface area contributed by atoms with Crippen molar-refractivity contribution >= 4 is 38.7 Å². The highest BCUT2D eigenvalue weighted by Crippen LogP contribution is 2.60. The summed E-state index contributed by atoms with van der Waals surface area (Å²) in [4.78, 5) is 24.7. The predicted molar refractivity (Wildman–Crippen MR) is 129 cm³/mol. The Morgan fingerprint density at radius 3 is 2.38 bits per heavy atom. The highest BCUT2D eigenvalue weighted by Gasteiger charge is 2.71. The summed E-state index contributed by atoms with van der Waals surface area (Å²) in [6, 6.07) is 0.317. The van der Waals surface area contributed by atoms with E-state index in [4.69, 9.17) is 9.47 Å². The highest BCUT2D eigenvalue weighted by atomic mass is 79.9. The number of hydrogen-bond acceptors (Lipinski definition) is 7. The number of hydrogen-bond donors (Lipinski definition) is 1. The minimum absolute atomic E-state index is 0.0873. The van der Waals surface area contributed by atoms with Crippen molar-refractivity contribution < 1.29 is 36.9 Å². The van der Waals surface area contributed by atoms with E-state index in [0.29, 0.717) is 13.1 Å². The van der Waals surface area contributed by atoms with Gasteiger partial charge in [-0.15, -0.1) is 0 Å². The van der Waals surface area contributed by atoms with E-state index in [9.17, 15) is 23.1 Å². The van der Waals surface area contributed by atoms with Crippen LogP contribution in [0.25, 0.3) is 10.9 Å². The van der Waals surface area contributed by atoms with Crippen LogP contribution in [0, 0.1) is 17.0 Å². The topological polar surface area (TPSA) is 88.0 Å². The van der Waals surface area contributed by atoms with Crippen LogP contribution in [0.2, 0.25) is 0 Å². The average Bonchev–Trinajstić information content (AvgIpc) is 3.27. The molecule has 13 heteroatoms. The fourth-order valence-electron chi connectivity index (χ4n) is 5.09. The summed E-state index contributed by atoms with van der Waals surface area (Å²) in [5.74, 6) is -4.74. The second-order valence-electron chi connectivity index (χ2n) is 11.0. The number of carbonyl (C=O) groups excluding carboxylic acids is 1. The van der Waals surface area contributed by atoms with Gasteiger partial charge in [0.1, 0.15) is 29.4 Å². The number of fused-ring (bicyclic) bond motifs is 3. The van der Waals surface area contributed by atoms with Crippen molar-refractivity contribution in [2.24, 2.45) is 5.41 Å². The number of amides is 1. The molecule has 202 valence electrons. The molecule has 8 nitrogen and oxygen atoms in total. The largest absolute Gasteiger partial charge is 0.462 e. The van der Waals surface area contributed by atoms with E-state index in [1.165, 1.54) is 0 Å². The fourth-order valence-corrected chi connectivity index (χ4v) is 5.39. The molecule has 3 atom stereocenters. The van der Waals surface area contributed by atoms with Gasteiger partial charge in [0, 0.05) is 24.9 Å². The molecule has 1 aliphatic carbocycles. The molecule has 2 aliphatic heterocycles. The fraction of sp³-hybridized carbons (Fsp3) is 0.625. The zero-order chi connectivity index (χ0) is 26.9. The van der Waals surface area contributed by atoms with Crippen LogP contribution in [-0.4, -0.2) is 76.0 Å². The molecule has 2 saturated heterocycles. The number of aliphatic hydroxyl groups is 1. The molecule has 1 aromatic carbocycles. The summed E-state index contributed by atoms with van der Waals surface area (Å²) in [6.07, 6.45) is 0.472. The van der Waals surface area contributed by atoms with Gasteiger partial charge in [-0.25, -0.2) is 22.4 Å². The number of aliphatic hydroxyl groups excluding tert-OH is 1. The Kier molecular flexibility index (Phi) is 6.25. The molecule has 1 aromatic heterocycles. The molecule has 0 spiro atoms. The minimum Gasteiger partial charge on any atom is -0.462 e. The molecule has 3 aliphatic rings. The Morgan fingerprint density at radius 2 is 1.84 bits per heavy atom. The maximum atomic E-state index is 15.1. The first-order valence-electron chi connectivity index (χ1n) is 12.0. The van der Waals surface area contributed by atoms with Crippen molar-refractivity contribution in [1.82, 2.24) is 14.9 Å². The van der Waals surface area contributed by atoms with Crippen molar-refractivity contribution in [3.63, 3.8) is 0 Å². The summed E-state index contributed by atoms with van der Waals surface area (Å²) in [5, 5.41) is 9.54. The Hall–Kier alpha value is -2.41. The van der Waals surface area contributed by atoms with Crippen LogP contribution in [-0.2, 0) is 4.74 Å². The van der Waals surface area contributed by atoms with Crippen LogP contribution in [0.1, 0.15) is 40.0 Å². The van der Waals surface area contributed by atoms with Crippen LogP contribution in [0.15, 0.2) is 10.5 Å². The van der Waals surface area contributed by atoms with Gasteiger partial charge in [-0.3, -0.25) is 4.90 Å². The number of ether oxygens (including phenoxy) is 2. The molecule has 1 N–H and O–H groups in total. The number of benzene rings is 1. The van der Waals surface area contributed by atoms with Crippen molar-refractivity contribution in [3.05, 3.63) is 22.2 Å². The van der Waals surface area contributed by atoms with E-state index in [0.717, 1.165) is 18.9 Å². The number of nitrogens with zero attached hydrogens (tertiary/aromatic N) is 4. The molecule has 1 amide bonds. The van der Waals surface area contributed by atoms with Crippen LogP contribution in [0.4, 0.5) is 28.2 Å². The highest BCUT2D eigenvalue weighted by molar-refractivity contribution is 9.10. The number of aromatic nitrogens is 2. The maximum Gasteiger partial charge on any atom is 0.410 e. The first kappa shape index (κ1) is 26.2. The first-order chi connectivity index (χ1) is 17.2. The lowest BCUT2D eigenvalue weighted by molar-refractivity contribution is 0.0110. The SMILES string of the molecule is CC(C)(C)OC(=O)N1C2CCC1CN(c1nc(OCC3(CO)CC3(F)F)nc3c(F)c(Br)c(F)cc13)C2. The lowest BCUT2D eigenvalue weighted by Crippen LogP contribution is -2.57. The Balaban J connectivity index is 1.48. The molecular formula is C24H27BrF4N4O4. The molecule has 2 bridgehead atoms. The summed E-state index contributed by atoms with van der Waals surface area (Å²) >= 11 is 2.87. The van der Waals surface area contributed by atoms with Crippen LogP contribution in [0.5, 0.6) is 6.01 Å². The monoisotopic (exact) mass is 590 g/mol. The standard InChI is InChI=1S/C24H27BrF4N4O4/c1-22(2,3)37-21(35)33-12-4-5-13(33)8-32(7-12)19-14-6-15(26)16(25)17(27)18(14)30-20(31-19)36-11-23(10-34)9-24(23,28)29/h6,12-13,34H,4-5,7-11H2,1-3H3. The Labute approximate surface area is 219 Å². The van der Waals surface area contributed by atoms with E-state index in [1.54, 1.807) is 30.6 Å². The quantitative estimate of drug-likeness (QED) is 0.400. The number of piperazine rings is 1. The number of halogens is 5. The molecular weight excluding hydrogens is 564 g/mol. The number of rotatable bonds is 5.